The van der Waals surface area contributed by atoms with Crippen molar-refractivity contribution in [3.05, 3.63) is 72.1 Å². The normalized spacial score (nSPS) is 26.5. The number of benzene rings is 2. The first-order chi connectivity index (χ1) is 15.3. The molecule has 167 valence electrons. The molecule has 0 aromatic heterocycles. The fourth-order valence-electron chi connectivity index (χ4n) is 5.59. The van der Waals surface area contributed by atoms with E-state index in [2.05, 4.69) is 42.7 Å². The Labute approximate surface area is 190 Å². The van der Waals surface area contributed by atoms with E-state index >= 15 is 0 Å². The maximum Gasteiger partial charge on any atom is 0.260 e. The van der Waals surface area contributed by atoms with Gasteiger partial charge in [-0.3, -0.25) is 24.9 Å². The van der Waals surface area contributed by atoms with E-state index in [0.29, 0.717) is 25.1 Å². The van der Waals surface area contributed by atoms with E-state index in [1.54, 1.807) is 0 Å². The van der Waals surface area contributed by atoms with E-state index in [9.17, 15) is 9.59 Å². The van der Waals surface area contributed by atoms with Crippen LogP contribution >= 0.6 is 0 Å². The first-order valence-corrected chi connectivity index (χ1v) is 11.4. The van der Waals surface area contributed by atoms with Crippen LogP contribution in [-0.4, -0.2) is 59.9 Å². The maximum absolute atomic E-state index is 13.9. The van der Waals surface area contributed by atoms with E-state index in [4.69, 9.17) is 0 Å². The molecule has 0 aliphatic carbocycles. The smallest absolute Gasteiger partial charge is 0.260 e. The van der Waals surface area contributed by atoms with Crippen molar-refractivity contribution in [2.24, 2.45) is 0 Å². The van der Waals surface area contributed by atoms with Crippen molar-refractivity contribution in [1.29, 1.82) is 0 Å². The predicted octanol–water partition coefficient (Wildman–Crippen LogP) is 3.01. The van der Waals surface area contributed by atoms with Gasteiger partial charge in [0.05, 0.1) is 5.69 Å². The van der Waals surface area contributed by atoms with Gasteiger partial charge in [0.2, 0.25) is 0 Å². The number of likely N-dealkylation sites (N-methyl/N-ethyl adjacent to an activating group) is 1. The number of amides is 2. The SMILES string of the molecule is CN1C2C[CH]CC1(C(=O)NN1CC(C)(C)c3ccccc31)CN(C(=O)c1ccccc1)C2. The summed E-state index contributed by atoms with van der Waals surface area (Å²) in [7, 11) is 2.03. The summed E-state index contributed by atoms with van der Waals surface area (Å²) >= 11 is 0. The number of hydrazine groups is 1. The third-order valence-electron chi connectivity index (χ3n) is 7.47. The largest absolute Gasteiger partial charge is 0.335 e. The second-order valence-corrected chi connectivity index (χ2v) is 10.0. The molecule has 32 heavy (non-hydrogen) atoms. The Morgan fingerprint density at radius 2 is 1.72 bits per heavy atom. The number of anilines is 1. The van der Waals surface area contributed by atoms with Crippen LogP contribution in [0.5, 0.6) is 0 Å². The van der Waals surface area contributed by atoms with E-state index in [1.165, 1.54) is 5.56 Å². The van der Waals surface area contributed by atoms with Crippen LogP contribution < -0.4 is 10.4 Å². The summed E-state index contributed by atoms with van der Waals surface area (Å²) in [5.74, 6) is -0.0468. The van der Waals surface area contributed by atoms with Crippen LogP contribution in [0.3, 0.4) is 0 Å². The van der Waals surface area contributed by atoms with Gasteiger partial charge in [0.15, 0.2) is 0 Å². The molecule has 2 aromatic carbocycles. The molecule has 0 saturated carbocycles. The topological polar surface area (TPSA) is 55.9 Å². The van der Waals surface area contributed by atoms with Gasteiger partial charge in [-0.05, 0) is 50.1 Å². The molecule has 2 unspecified atom stereocenters. The number of rotatable bonds is 3. The zero-order valence-electron chi connectivity index (χ0n) is 19.0. The molecular weight excluding hydrogens is 400 g/mol. The third-order valence-corrected chi connectivity index (χ3v) is 7.47. The monoisotopic (exact) mass is 431 g/mol. The van der Waals surface area contributed by atoms with Crippen molar-refractivity contribution in [3.63, 3.8) is 0 Å². The molecule has 1 radical (unpaired) electrons. The van der Waals surface area contributed by atoms with E-state index in [-0.39, 0.29) is 23.3 Å². The lowest BCUT2D eigenvalue weighted by atomic mass is 9.79. The fraction of sp³-hybridized carbons (Fsp3) is 0.423. The van der Waals surface area contributed by atoms with Gasteiger partial charge in [0.1, 0.15) is 5.54 Å². The van der Waals surface area contributed by atoms with Crippen LogP contribution in [0, 0.1) is 6.42 Å². The third kappa shape index (κ3) is 3.28. The van der Waals surface area contributed by atoms with Crippen molar-refractivity contribution >= 4 is 17.5 Å². The van der Waals surface area contributed by atoms with Gasteiger partial charge in [-0.15, -0.1) is 0 Å². The van der Waals surface area contributed by atoms with Gasteiger partial charge in [-0.25, -0.2) is 0 Å². The summed E-state index contributed by atoms with van der Waals surface area (Å²) in [6.07, 6.45) is 3.73. The molecule has 2 amide bonds. The Morgan fingerprint density at radius 1 is 1.00 bits per heavy atom. The molecule has 2 fully saturated rings. The zero-order valence-corrected chi connectivity index (χ0v) is 19.0. The van der Waals surface area contributed by atoms with Crippen LogP contribution in [0.2, 0.25) is 0 Å². The lowest BCUT2D eigenvalue weighted by Gasteiger charge is -2.55. The first-order valence-electron chi connectivity index (χ1n) is 11.4. The quantitative estimate of drug-likeness (QED) is 0.812. The highest BCUT2D eigenvalue weighted by molar-refractivity contribution is 5.96. The number of fused-ring (bicyclic) bond motifs is 3. The molecule has 2 aromatic rings. The predicted molar refractivity (Wildman–Crippen MR) is 125 cm³/mol. The van der Waals surface area contributed by atoms with Gasteiger partial charge >= 0.3 is 0 Å². The Kier molecular flexibility index (Phi) is 5.01. The van der Waals surface area contributed by atoms with Crippen LogP contribution in [0.1, 0.15) is 42.6 Å². The number of carbonyl (C=O) groups excluding carboxylic acids is 2. The number of piperidine rings is 1. The molecule has 3 aliphatic heterocycles. The number of hydrogen-bond donors (Lipinski definition) is 1. The van der Waals surface area contributed by atoms with Crippen LogP contribution in [0.25, 0.3) is 0 Å². The first kappa shape index (κ1) is 21.0. The minimum atomic E-state index is -0.771. The van der Waals surface area contributed by atoms with Gasteiger partial charge < -0.3 is 4.90 Å². The molecular formula is C26H31N4O2. The van der Waals surface area contributed by atoms with Gasteiger partial charge in [0, 0.05) is 36.7 Å². The summed E-state index contributed by atoms with van der Waals surface area (Å²) in [5.41, 5.74) is 5.38. The van der Waals surface area contributed by atoms with E-state index < -0.39 is 5.54 Å². The molecule has 3 heterocycles. The lowest BCUT2D eigenvalue weighted by molar-refractivity contribution is -0.142. The highest BCUT2D eigenvalue weighted by Crippen LogP contribution is 2.40. The Bertz CT molecular complexity index is 1040. The second-order valence-electron chi connectivity index (χ2n) is 10.0. The molecule has 5 rings (SSSR count). The number of nitrogens with zero attached hydrogens (tertiary/aromatic N) is 3. The lowest BCUT2D eigenvalue weighted by Crippen LogP contribution is -2.74. The van der Waals surface area contributed by atoms with Gasteiger partial charge in [-0.2, -0.15) is 0 Å². The average molecular weight is 432 g/mol. The second kappa shape index (κ2) is 7.62. The minimum absolute atomic E-state index is 0.00423. The molecule has 2 saturated heterocycles. The highest BCUT2D eigenvalue weighted by atomic mass is 16.2. The van der Waals surface area contributed by atoms with Crippen molar-refractivity contribution in [3.8, 4) is 0 Å². The molecule has 2 atom stereocenters. The standard InChI is InChI=1S/C26H31N4O2/c1-25(2)17-30(22-14-8-7-13-21(22)25)27-24(32)26-15-9-12-20(28(26)3)16-29(18-26)23(31)19-10-5-4-6-11-19/h4-11,13-14,20H,12,15-18H2,1-3H3,(H,27,32). The summed E-state index contributed by atoms with van der Waals surface area (Å²) in [6, 6.07) is 17.8. The minimum Gasteiger partial charge on any atom is -0.335 e. The maximum atomic E-state index is 13.9. The zero-order chi connectivity index (χ0) is 22.5. The Hall–Kier alpha value is -2.86. The van der Waals surface area contributed by atoms with E-state index in [0.717, 1.165) is 18.7 Å². The molecule has 2 bridgehead atoms. The number of nitrogens with one attached hydrogen (secondary N) is 1. The summed E-state index contributed by atoms with van der Waals surface area (Å²) in [5, 5.41) is 1.99. The number of piperazine rings is 1. The molecule has 3 aliphatic rings. The van der Waals surface area contributed by atoms with Crippen molar-refractivity contribution < 1.29 is 9.59 Å². The summed E-state index contributed by atoms with van der Waals surface area (Å²) < 4.78 is 0. The number of likely N-dealkylation sites (tertiary alicyclic amines) is 1. The fourth-order valence-corrected chi connectivity index (χ4v) is 5.59. The Morgan fingerprint density at radius 3 is 2.50 bits per heavy atom. The van der Waals surface area contributed by atoms with Crippen LogP contribution in [-0.2, 0) is 10.2 Å². The van der Waals surface area contributed by atoms with Gasteiger partial charge in [-0.1, -0.05) is 50.2 Å². The van der Waals surface area contributed by atoms with Crippen LogP contribution in [0.15, 0.2) is 54.6 Å². The van der Waals surface area contributed by atoms with Crippen molar-refractivity contribution in [2.75, 3.05) is 31.7 Å². The molecule has 1 N–H and O–H groups in total. The summed E-state index contributed by atoms with van der Waals surface area (Å²) in [6.45, 7) is 6.14. The molecule has 0 spiro atoms. The van der Waals surface area contributed by atoms with E-state index in [1.807, 2.05) is 59.4 Å². The number of hydrogen-bond acceptors (Lipinski definition) is 4. The molecule has 6 nitrogen and oxygen atoms in total. The van der Waals surface area contributed by atoms with Crippen molar-refractivity contribution in [1.82, 2.24) is 15.2 Å². The summed E-state index contributed by atoms with van der Waals surface area (Å²) in [4.78, 5) is 31.2. The Balaban J connectivity index is 1.42. The highest BCUT2D eigenvalue weighted by Gasteiger charge is 2.53. The number of para-hydroxylation sites is 1. The number of carbonyl (C=O) groups is 2. The van der Waals surface area contributed by atoms with Gasteiger partial charge in [0.25, 0.3) is 11.8 Å². The van der Waals surface area contributed by atoms with Crippen molar-refractivity contribution in [2.45, 2.75) is 43.7 Å². The average Bonchev–Trinajstić information content (AvgIpc) is 3.04. The van der Waals surface area contributed by atoms with Crippen LogP contribution in [0.4, 0.5) is 5.69 Å². The molecule has 6 heteroatoms.